The average Bonchev–Trinajstić information content (AvgIpc) is 2.64. The minimum Gasteiger partial charge on any atom is -0.171 e. The molecule has 7 heteroatoms. The van der Waals surface area contributed by atoms with E-state index in [1.807, 2.05) is 0 Å². The molecule has 0 aliphatic carbocycles. The van der Waals surface area contributed by atoms with Crippen molar-refractivity contribution in [3.05, 3.63) is 91.0 Å². The van der Waals surface area contributed by atoms with Gasteiger partial charge in [-0.25, -0.2) is 0 Å². The third-order valence-electron chi connectivity index (χ3n) is 3.40. The molecule has 128 valence electrons. The smallest absolute Gasteiger partial charge is 0.171 e. The van der Waals surface area contributed by atoms with Gasteiger partial charge in [0, 0.05) is 0 Å². The molecule has 3 aromatic carbocycles. The zero-order valence-electron chi connectivity index (χ0n) is 13.0. The van der Waals surface area contributed by atoms with E-state index in [4.69, 9.17) is 0 Å². The van der Waals surface area contributed by atoms with Crippen molar-refractivity contribution in [1.82, 2.24) is 0 Å². The van der Waals surface area contributed by atoms with Crippen molar-refractivity contribution in [2.75, 3.05) is 0 Å². The van der Waals surface area contributed by atoms with Gasteiger partial charge in [-0.2, -0.15) is 16.8 Å². The summed E-state index contributed by atoms with van der Waals surface area (Å²) in [6.07, 6.45) is 0. The van der Waals surface area contributed by atoms with Gasteiger partial charge in [-0.1, -0.05) is 54.6 Å². The van der Waals surface area contributed by atoms with E-state index in [1.54, 1.807) is 54.6 Å². The molecule has 0 fully saturated rings. The van der Waals surface area contributed by atoms with E-state index in [0.29, 0.717) is 0 Å². The van der Waals surface area contributed by atoms with Crippen molar-refractivity contribution >= 4 is 26.7 Å². The third-order valence-corrected chi connectivity index (χ3v) is 14.5. The maximum absolute atomic E-state index is 13.2. The van der Waals surface area contributed by atoms with Crippen LogP contribution in [-0.4, -0.2) is 16.8 Å². The number of hydrogen-bond donors (Lipinski definition) is 0. The minimum atomic E-state index is -4.12. The summed E-state index contributed by atoms with van der Waals surface area (Å²) in [6, 6.07) is 23.4. The summed E-state index contributed by atoms with van der Waals surface area (Å²) in [4.78, 5) is 0.221. The van der Waals surface area contributed by atoms with Crippen molar-refractivity contribution < 1.29 is 16.8 Å². The molecule has 4 nitrogen and oxygen atoms in total. The van der Waals surface area contributed by atoms with E-state index in [1.165, 1.54) is 36.4 Å². The van der Waals surface area contributed by atoms with E-state index in [2.05, 4.69) is 0 Å². The summed E-state index contributed by atoms with van der Waals surface area (Å²) >= 11 is 0. The second kappa shape index (κ2) is 7.03. The Morgan fingerprint density at radius 2 is 0.800 bits per heavy atom. The fraction of sp³-hybridized carbons (Fsp3) is 0. The molecule has 0 spiro atoms. The first kappa shape index (κ1) is 17.7. The fourth-order valence-electron chi connectivity index (χ4n) is 2.25. The van der Waals surface area contributed by atoms with Crippen LogP contribution in [0.2, 0.25) is 0 Å². The molecule has 0 heterocycles. The van der Waals surface area contributed by atoms with Crippen LogP contribution < -0.4 is 0 Å². The van der Waals surface area contributed by atoms with Crippen molar-refractivity contribution in [3.63, 3.8) is 0 Å². The summed E-state index contributed by atoms with van der Waals surface area (Å²) < 4.78 is 52.7. The van der Waals surface area contributed by atoms with E-state index in [0.717, 1.165) is 0 Å². The Hall–Kier alpha value is -2.09. The molecule has 0 saturated carbocycles. The van der Waals surface area contributed by atoms with Crippen LogP contribution in [0, 0.1) is 0 Å². The van der Waals surface area contributed by atoms with Crippen LogP contribution in [0.4, 0.5) is 0 Å². The molecule has 0 unspecified atom stereocenters. The molecule has 0 bridgehead atoms. The topological polar surface area (TPSA) is 68.3 Å². The van der Waals surface area contributed by atoms with Gasteiger partial charge in [0.25, 0.3) is 8.96 Å². The van der Waals surface area contributed by atoms with Gasteiger partial charge < -0.3 is 0 Å². The van der Waals surface area contributed by atoms with Gasteiger partial charge in [-0.05, 0) is 36.4 Å². The quantitative estimate of drug-likeness (QED) is 0.493. The third kappa shape index (κ3) is 3.49. The van der Waals surface area contributed by atoms with E-state index in [-0.39, 0.29) is 14.7 Å². The Kier molecular flexibility index (Phi) is 4.99. The van der Waals surface area contributed by atoms with Gasteiger partial charge in [0.1, 0.15) is 9.79 Å². The SMILES string of the molecule is O=S(=O)(c1ccccc1)[S+](c1ccccc1)S(=O)(=O)c1ccccc1. The summed E-state index contributed by atoms with van der Waals surface area (Å²) in [7, 11) is -10.3. The van der Waals surface area contributed by atoms with Crippen molar-refractivity contribution in [3.8, 4) is 0 Å². The highest BCUT2D eigenvalue weighted by Crippen LogP contribution is 2.35. The molecular formula is C18H15O4S3+. The summed E-state index contributed by atoms with van der Waals surface area (Å²) in [5.41, 5.74) is 0. The largest absolute Gasteiger partial charge is 0.367 e. The first-order valence-corrected chi connectivity index (χ1v) is 12.6. The van der Waals surface area contributed by atoms with Crippen molar-refractivity contribution in [2.24, 2.45) is 0 Å². The zero-order valence-corrected chi connectivity index (χ0v) is 15.5. The van der Waals surface area contributed by atoms with Gasteiger partial charge in [0.05, 0.1) is 0 Å². The fourth-order valence-corrected chi connectivity index (χ4v) is 12.9. The van der Waals surface area contributed by atoms with Crippen LogP contribution in [0.15, 0.2) is 106 Å². The van der Waals surface area contributed by atoms with Crippen LogP contribution >= 0.6 is 0 Å². The van der Waals surface area contributed by atoms with E-state index >= 15 is 0 Å². The minimum absolute atomic E-state index is 0.0123. The van der Waals surface area contributed by atoms with Crippen LogP contribution in [0.1, 0.15) is 0 Å². The lowest BCUT2D eigenvalue weighted by atomic mass is 10.4. The predicted octanol–water partition coefficient (Wildman–Crippen LogP) is 3.44. The molecule has 0 amide bonds. The first-order chi connectivity index (χ1) is 11.9. The highest BCUT2D eigenvalue weighted by molar-refractivity contribution is 9.01. The number of benzene rings is 3. The molecule has 0 aromatic heterocycles. The van der Waals surface area contributed by atoms with Gasteiger partial charge in [-0.15, -0.1) is 0 Å². The second-order valence-corrected chi connectivity index (χ2v) is 14.0. The van der Waals surface area contributed by atoms with Crippen molar-refractivity contribution in [1.29, 1.82) is 0 Å². The monoisotopic (exact) mass is 391 g/mol. The maximum Gasteiger partial charge on any atom is 0.367 e. The van der Waals surface area contributed by atoms with E-state index < -0.39 is 26.7 Å². The summed E-state index contributed by atoms with van der Waals surface area (Å²) in [5, 5.41) is 0. The van der Waals surface area contributed by atoms with Gasteiger partial charge in [-0.3, -0.25) is 0 Å². The average molecular weight is 392 g/mol. The molecular weight excluding hydrogens is 376 g/mol. The Morgan fingerprint density at radius 3 is 1.16 bits per heavy atom. The lowest BCUT2D eigenvalue weighted by Gasteiger charge is -2.09. The molecule has 0 radical (unpaired) electrons. The van der Waals surface area contributed by atoms with Crippen LogP contribution in [0.3, 0.4) is 0 Å². The Balaban J connectivity index is 2.26. The van der Waals surface area contributed by atoms with E-state index in [9.17, 15) is 16.8 Å². The zero-order chi connectivity index (χ0) is 17.9. The normalized spacial score (nSPS) is 12.2. The van der Waals surface area contributed by atoms with Crippen LogP contribution in [0.25, 0.3) is 0 Å². The van der Waals surface area contributed by atoms with Gasteiger partial charge in [0.2, 0.25) is 0 Å². The maximum atomic E-state index is 13.2. The standard InChI is InChI=1S/C18H15O4S3/c19-24(20,17-12-6-2-7-13-17)23(16-10-4-1-5-11-16)25(21,22)18-14-8-3-9-15-18/h1-15H/q+1. The molecule has 0 aliphatic heterocycles. The predicted molar refractivity (Wildman–Crippen MR) is 99.3 cm³/mol. The first-order valence-electron chi connectivity index (χ1n) is 7.34. The van der Waals surface area contributed by atoms with Crippen LogP contribution in [-0.2, 0) is 26.7 Å². The molecule has 0 aliphatic rings. The lowest BCUT2D eigenvalue weighted by Crippen LogP contribution is -2.26. The molecule has 0 saturated heterocycles. The van der Waals surface area contributed by atoms with Gasteiger partial charge >= 0.3 is 17.7 Å². The summed E-state index contributed by atoms with van der Waals surface area (Å²) in [6.45, 7) is 0. The molecule has 0 atom stereocenters. The molecule has 25 heavy (non-hydrogen) atoms. The van der Waals surface area contributed by atoms with Crippen molar-refractivity contribution in [2.45, 2.75) is 14.7 Å². The molecule has 3 aromatic rings. The second-order valence-electron chi connectivity index (χ2n) is 5.08. The number of hydrogen-bond acceptors (Lipinski definition) is 4. The Bertz CT molecular complexity index is 978. The molecule has 3 rings (SSSR count). The highest BCUT2D eigenvalue weighted by atomic mass is 33.6. The van der Waals surface area contributed by atoms with Crippen LogP contribution in [0.5, 0.6) is 0 Å². The lowest BCUT2D eigenvalue weighted by molar-refractivity contribution is 0.607. The highest BCUT2D eigenvalue weighted by Gasteiger charge is 2.52. The molecule has 0 N–H and O–H groups in total. The summed E-state index contributed by atoms with van der Waals surface area (Å²) in [5.74, 6) is 0. The Labute approximate surface area is 149 Å². The Morgan fingerprint density at radius 1 is 0.480 bits per heavy atom. The number of rotatable bonds is 5. The van der Waals surface area contributed by atoms with Gasteiger partial charge in [0.15, 0.2) is 4.90 Å².